The van der Waals surface area contributed by atoms with Gasteiger partial charge in [-0.1, -0.05) is 0 Å². The molecule has 0 N–H and O–H groups in total. The maximum atomic E-state index is 8.83. The summed E-state index contributed by atoms with van der Waals surface area (Å²) in [4.78, 5) is 0. The van der Waals surface area contributed by atoms with Crippen LogP contribution in [0.25, 0.3) is 0 Å². The van der Waals surface area contributed by atoms with Gasteiger partial charge in [0.1, 0.15) is 12.1 Å². The first-order valence-electron chi connectivity index (χ1n) is 4.21. The molecule has 0 aromatic heterocycles. The van der Waals surface area contributed by atoms with Crippen LogP contribution in [0.2, 0.25) is 0 Å². The number of hydrogen-bond acceptors (Lipinski definition) is 4. The van der Waals surface area contributed by atoms with Crippen LogP contribution in [0.5, 0.6) is 0 Å². The van der Waals surface area contributed by atoms with Gasteiger partial charge in [0, 0.05) is 0 Å². The van der Waals surface area contributed by atoms with Crippen LogP contribution in [0.1, 0.15) is 0 Å². The summed E-state index contributed by atoms with van der Waals surface area (Å²) in [6.45, 7) is 0. The highest BCUT2D eigenvalue weighted by atomic mass is 14.3. The third-order valence-corrected chi connectivity index (χ3v) is 1.83. The Kier molecular flexibility index (Phi) is 3.41. The molecule has 0 aromatic carbocycles. The summed E-state index contributed by atoms with van der Waals surface area (Å²) in [5.41, 5.74) is 0.614. The lowest BCUT2D eigenvalue weighted by molar-refractivity contribution is 1.39. The second kappa shape index (κ2) is 4.97. The molecule has 0 atom stereocenters. The van der Waals surface area contributed by atoms with Gasteiger partial charge in [0.25, 0.3) is 0 Å². The summed E-state index contributed by atoms with van der Waals surface area (Å²) < 4.78 is 0. The quantitative estimate of drug-likeness (QED) is 0.600. The van der Waals surface area contributed by atoms with E-state index in [0.717, 1.165) is 0 Å². The van der Waals surface area contributed by atoms with Crippen LogP contribution < -0.4 is 0 Å². The molecule has 0 aliphatic heterocycles. The number of allylic oxidation sites excluding steroid dienone is 8. The van der Waals surface area contributed by atoms with E-state index in [1.165, 1.54) is 24.3 Å². The summed E-state index contributed by atoms with van der Waals surface area (Å²) >= 11 is 0. The van der Waals surface area contributed by atoms with E-state index in [1.807, 2.05) is 24.3 Å². The van der Waals surface area contributed by atoms with E-state index >= 15 is 0 Å². The van der Waals surface area contributed by atoms with Gasteiger partial charge in [-0.05, 0) is 24.3 Å². The molecule has 0 fully saturated rings. The van der Waals surface area contributed by atoms with Crippen molar-refractivity contribution in [1.82, 2.24) is 0 Å². The summed E-state index contributed by atoms with van der Waals surface area (Å²) in [5, 5.41) is 35.2. The SMILES string of the molecule is N#CC1=C/C=C(C#N)\C=C(C#N)/C(C#N)=C\1. The molecule has 0 amide bonds. The maximum Gasteiger partial charge on any atom is 0.101 e. The van der Waals surface area contributed by atoms with E-state index in [9.17, 15) is 0 Å². The summed E-state index contributed by atoms with van der Waals surface area (Å²) in [5.74, 6) is 0. The first kappa shape index (κ1) is 11.0. The summed E-state index contributed by atoms with van der Waals surface area (Å²) in [6, 6.07) is 7.38. The molecule has 0 radical (unpaired) electrons. The minimum Gasteiger partial charge on any atom is -0.192 e. The van der Waals surface area contributed by atoms with E-state index < -0.39 is 0 Å². The average Bonchev–Trinajstić information content (AvgIpc) is 2.30. The molecule has 0 unspecified atom stereocenters. The monoisotopic (exact) mass is 204 g/mol. The zero-order valence-corrected chi connectivity index (χ0v) is 8.10. The van der Waals surface area contributed by atoms with E-state index in [2.05, 4.69) is 0 Å². The van der Waals surface area contributed by atoms with Crippen molar-refractivity contribution in [3.63, 3.8) is 0 Å². The van der Waals surface area contributed by atoms with Crippen LogP contribution in [0.4, 0.5) is 0 Å². The van der Waals surface area contributed by atoms with Crippen LogP contribution in [-0.2, 0) is 0 Å². The predicted octanol–water partition coefficient (Wildman–Crippen LogP) is 1.80. The molecule has 1 aliphatic carbocycles. The lowest BCUT2D eigenvalue weighted by Gasteiger charge is -1.98. The van der Waals surface area contributed by atoms with Crippen molar-refractivity contribution in [2.24, 2.45) is 0 Å². The molecule has 4 heteroatoms. The molecule has 0 spiro atoms. The van der Waals surface area contributed by atoms with Crippen LogP contribution in [-0.4, -0.2) is 0 Å². The Bertz CT molecular complexity index is 545. The van der Waals surface area contributed by atoms with E-state index in [0.29, 0.717) is 0 Å². The molecule has 1 rings (SSSR count). The highest BCUT2D eigenvalue weighted by Crippen LogP contribution is 2.16. The molecule has 1 aliphatic rings. The Hall–Kier alpha value is -3.08. The van der Waals surface area contributed by atoms with Gasteiger partial charge < -0.3 is 0 Å². The lowest BCUT2D eigenvalue weighted by Crippen LogP contribution is -1.90. The van der Waals surface area contributed by atoms with Crippen molar-refractivity contribution in [3.05, 3.63) is 46.6 Å². The molecule has 0 aromatic rings. The van der Waals surface area contributed by atoms with E-state index in [-0.39, 0.29) is 22.3 Å². The van der Waals surface area contributed by atoms with E-state index in [4.69, 9.17) is 21.0 Å². The van der Waals surface area contributed by atoms with Crippen molar-refractivity contribution in [1.29, 1.82) is 21.0 Å². The van der Waals surface area contributed by atoms with Crippen molar-refractivity contribution in [2.45, 2.75) is 0 Å². The van der Waals surface area contributed by atoms with Gasteiger partial charge in [0.05, 0.1) is 34.4 Å². The number of rotatable bonds is 0. The van der Waals surface area contributed by atoms with E-state index in [1.54, 1.807) is 0 Å². The second-order valence-corrected chi connectivity index (χ2v) is 2.81. The van der Waals surface area contributed by atoms with Gasteiger partial charge in [-0.2, -0.15) is 21.0 Å². The van der Waals surface area contributed by atoms with Gasteiger partial charge in [0.2, 0.25) is 0 Å². The zero-order chi connectivity index (χ0) is 12.0. The van der Waals surface area contributed by atoms with Gasteiger partial charge in [0.15, 0.2) is 0 Å². The first-order valence-corrected chi connectivity index (χ1v) is 4.21. The highest BCUT2D eigenvalue weighted by molar-refractivity contribution is 5.60. The molecule has 16 heavy (non-hydrogen) atoms. The lowest BCUT2D eigenvalue weighted by atomic mass is 10.00. The summed E-state index contributed by atoms with van der Waals surface area (Å²) in [6.07, 6.45) is 5.50. The fraction of sp³-hybridized carbons (Fsp3) is 0. The standard InChI is InChI=1S/C12H4N4/c13-5-9-1-2-10(6-14)4-12(8-16)11(3-9)7-15/h1-4H/b2-1?,9-1+,9-3?,10-2+,10-4?,11-3-,12-4-,12-11?. The van der Waals surface area contributed by atoms with Crippen LogP contribution in [0.15, 0.2) is 46.6 Å². The zero-order valence-electron chi connectivity index (χ0n) is 8.10. The van der Waals surface area contributed by atoms with Crippen LogP contribution >= 0.6 is 0 Å². The third-order valence-electron chi connectivity index (χ3n) is 1.83. The second-order valence-electron chi connectivity index (χ2n) is 2.81. The van der Waals surface area contributed by atoms with Crippen LogP contribution in [0, 0.1) is 45.3 Å². The predicted molar refractivity (Wildman–Crippen MR) is 54.8 cm³/mol. The molecule has 0 saturated carbocycles. The minimum atomic E-state index is 0.0798. The average molecular weight is 204 g/mol. The Labute approximate surface area is 92.6 Å². The molecular weight excluding hydrogens is 200 g/mol. The molecular formula is C12H4N4. The fourth-order valence-electron chi connectivity index (χ4n) is 1.07. The van der Waals surface area contributed by atoms with Gasteiger partial charge in [-0.15, -0.1) is 0 Å². The number of hydrogen-bond donors (Lipinski definition) is 0. The Balaban J connectivity index is 3.46. The fourth-order valence-corrected chi connectivity index (χ4v) is 1.07. The van der Waals surface area contributed by atoms with Gasteiger partial charge in [-0.25, -0.2) is 0 Å². The van der Waals surface area contributed by atoms with Crippen LogP contribution in [0.3, 0.4) is 0 Å². The summed E-state index contributed by atoms with van der Waals surface area (Å²) in [7, 11) is 0. The smallest absolute Gasteiger partial charge is 0.101 e. The largest absolute Gasteiger partial charge is 0.192 e. The number of nitrogens with zero attached hydrogens (tertiary/aromatic N) is 4. The minimum absolute atomic E-state index is 0.0798. The Morgan fingerprint density at radius 3 is 1.25 bits per heavy atom. The third kappa shape index (κ3) is 2.24. The van der Waals surface area contributed by atoms with Crippen molar-refractivity contribution in [3.8, 4) is 24.3 Å². The van der Waals surface area contributed by atoms with Crippen molar-refractivity contribution in [2.75, 3.05) is 0 Å². The normalized spacial score (nSPS) is 27.2. The Morgan fingerprint density at radius 1 is 0.625 bits per heavy atom. The van der Waals surface area contributed by atoms with Crippen molar-refractivity contribution < 1.29 is 0 Å². The Morgan fingerprint density at radius 2 is 1.00 bits per heavy atom. The molecule has 4 nitrogen and oxygen atoms in total. The molecule has 0 heterocycles. The molecule has 72 valence electrons. The number of nitriles is 4. The first-order chi connectivity index (χ1) is 7.74. The topological polar surface area (TPSA) is 95.2 Å². The van der Waals surface area contributed by atoms with Gasteiger partial charge in [-0.3, -0.25) is 0 Å². The van der Waals surface area contributed by atoms with Gasteiger partial charge >= 0.3 is 0 Å². The highest BCUT2D eigenvalue weighted by Gasteiger charge is 2.08. The molecule has 0 bridgehead atoms. The maximum absolute atomic E-state index is 8.83. The molecule has 0 saturated heterocycles. The van der Waals surface area contributed by atoms with Crippen molar-refractivity contribution >= 4 is 0 Å².